The van der Waals surface area contributed by atoms with Gasteiger partial charge in [0.15, 0.2) is 12.4 Å². The summed E-state index contributed by atoms with van der Waals surface area (Å²) in [5.41, 5.74) is 1.95. The zero-order valence-electron chi connectivity index (χ0n) is 15.4. The van der Waals surface area contributed by atoms with Gasteiger partial charge >= 0.3 is 0 Å². The number of amides is 2. The molecule has 0 spiro atoms. The minimum atomic E-state index is -2.32. The Hall–Kier alpha value is -3.17. The third kappa shape index (κ3) is 3.25. The summed E-state index contributed by atoms with van der Waals surface area (Å²) in [4.78, 5) is 27.8. The molecule has 2 aliphatic rings. The molecule has 0 bridgehead atoms. The molecule has 2 aromatic rings. The molecule has 0 N–H and O–H groups in total. The van der Waals surface area contributed by atoms with Gasteiger partial charge in [0.25, 0.3) is 5.91 Å². The SMILES string of the molecule is O=C(COc1c(F)c(F)c(F)c(F)c1F)N1CC(=O)N2CCc3ccccc3C2C1. The van der Waals surface area contributed by atoms with Gasteiger partial charge in [0, 0.05) is 13.1 Å². The van der Waals surface area contributed by atoms with E-state index in [4.69, 9.17) is 0 Å². The van der Waals surface area contributed by atoms with Gasteiger partial charge in [0.2, 0.25) is 35.0 Å². The van der Waals surface area contributed by atoms with Crippen LogP contribution in [0.25, 0.3) is 0 Å². The molecule has 1 unspecified atom stereocenters. The van der Waals surface area contributed by atoms with E-state index in [9.17, 15) is 31.5 Å². The van der Waals surface area contributed by atoms with Crippen molar-refractivity contribution in [1.82, 2.24) is 9.80 Å². The third-order valence-electron chi connectivity index (χ3n) is 5.31. The molecule has 2 amide bonds. The summed E-state index contributed by atoms with van der Waals surface area (Å²) in [6.07, 6.45) is 0.690. The lowest BCUT2D eigenvalue weighted by Gasteiger charge is -2.44. The van der Waals surface area contributed by atoms with E-state index in [2.05, 4.69) is 4.74 Å². The van der Waals surface area contributed by atoms with Gasteiger partial charge in [-0.15, -0.1) is 0 Å². The van der Waals surface area contributed by atoms with E-state index in [0.717, 1.165) is 16.0 Å². The Bertz CT molecular complexity index is 1020. The summed E-state index contributed by atoms with van der Waals surface area (Å²) < 4.78 is 71.7. The summed E-state index contributed by atoms with van der Waals surface area (Å²) in [5, 5.41) is 0. The van der Waals surface area contributed by atoms with Gasteiger partial charge < -0.3 is 14.5 Å². The van der Waals surface area contributed by atoms with E-state index in [1.54, 1.807) is 4.90 Å². The van der Waals surface area contributed by atoms with Crippen molar-refractivity contribution in [2.45, 2.75) is 12.5 Å². The summed E-state index contributed by atoms with van der Waals surface area (Å²) >= 11 is 0. The van der Waals surface area contributed by atoms with Gasteiger partial charge in [-0.25, -0.2) is 13.2 Å². The van der Waals surface area contributed by atoms with Crippen molar-refractivity contribution >= 4 is 11.8 Å². The number of ether oxygens (including phenoxy) is 1. The van der Waals surface area contributed by atoms with Crippen LogP contribution in [-0.4, -0.2) is 47.9 Å². The molecule has 5 nitrogen and oxygen atoms in total. The van der Waals surface area contributed by atoms with E-state index in [0.29, 0.717) is 13.0 Å². The van der Waals surface area contributed by atoms with E-state index < -0.39 is 47.3 Å². The van der Waals surface area contributed by atoms with Gasteiger partial charge in [0.1, 0.15) is 0 Å². The summed E-state index contributed by atoms with van der Waals surface area (Å²) in [6.45, 7) is -0.621. The second-order valence-electron chi connectivity index (χ2n) is 7.01. The Labute approximate surface area is 167 Å². The number of nitrogens with zero attached hydrogens (tertiary/aromatic N) is 2. The minimum Gasteiger partial charge on any atom is -0.477 e. The minimum absolute atomic E-state index is 0.127. The molecule has 1 saturated heterocycles. The molecule has 1 atom stereocenters. The number of hydrogen-bond acceptors (Lipinski definition) is 3. The van der Waals surface area contributed by atoms with Crippen LogP contribution in [0.4, 0.5) is 22.0 Å². The molecule has 0 saturated carbocycles. The summed E-state index contributed by atoms with van der Waals surface area (Å²) in [5.74, 6) is -13.6. The van der Waals surface area contributed by atoms with Crippen molar-refractivity contribution in [3.8, 4) is 5.75 Å². The fourth-order valence-corrected chi connectivity index (χ4v) is 3.80. The number of carbonyl (C=O) groups excluding carboxylic acids is 2. The second-order valence-corrected chi connectivity index (χ2v) is 7.01. The van der Waals surface area contributed by atoms with Gasteiger partial charge in [-0.3, -0.25) is 9.59 Å². The van der Waals surface area contributed by atoms with Crippen LogP contribution in [-0.2, 0) is 16.0 Å². The van der Waals surface area contributed by atoms with Crippen LogP contribution in [0, 0.1) is 29.1 Å². The van der Waals surface area contributed by atoms with Crippen LogP contribution >= 0.6 is 0 Å². The van der Waals surface area contributed by atoms with E-state index in [1.807, 2.05) is 24.3 Å². The molecule has 0 aliphatic carbocycles. The number of hydrogen-bond donors (Lipinski definition) is 0. The maximum Gasteiger partial charge on any atom is 0.261 e. The van der Waals surface area contributed by atoms with Crippen molar-refractivity contribution in [1.29, 1.82) is 0 Å². The lowest BCUT2D eigenvalue weighted by Crippen LogP contribution is -2.56. The van der Waals surface area contributed by atoms with Crippen LogP contribution < -0.4 is 4.74 Å². The molecule has 4 rings (SSSR count). The van der Waals surface area contributed by atoms with Crippen molar-refractivity contribution in [2.75, 3.05) is 26.2 Å². The fourth-order valence-electron chi connectivity index (χ4n) is 3.80. The average Bonchev–Trinajstić information content (AvgIpc) is 2.76. The second kappa shape index (κ2) is 7.58. The van der Waals surface area contributed by atoms with Crippen molar-refractivity contribution in [3.05, 3.63) is 64.5 Å². The molecule has 2 aromatic carbocycles. The first-order chi connectivity index (χ1) is 14.3. The number of rotatable bonds is 3. The maximum absolute atomic E-state index is 13.7. The summed E-state index contributed by atoms with van der Waals surface area (Å²) in [7, 11) is 0. The van der Waals surface area contributed by atoms with Crippen molar-refractivity contribution in [3.63, 3.8) is 0 Å². The molecule has 2 heterocycles. The van der Waals surface area contributed by atoms with E-state index >= 15 is 0 Å². The van der Waals surface area contributed by atoms with Gasteiger partial charge in [0.05, 0.1) is 12.6 Å². The van der Waals surface area contributed by atoms with Crippen molar-refractivity contribution in [2.24, 2.45) is 0 Å². The fraction of sp³-hybridized carbons (Fsp3) is 0.300. The average molecular weight is 426 g/mol. The topological polar surface area (TPSA) is 49.9 Å². The van der Waals surface area contributed by atoms with Crippen molar-refractivity contribution < 1.29 is 36.3 Å². The number of piperazine rings is 1. The molecule has 1 fully saturated rings. The highest BCUT2D eigenvalue weighted by molar-refractivity contribution is 5.87. The quantitative estimate of drug-likeness (QED) is 0.431. The number of fused-ring (bicyclic) bond motifs is 3. The number of benzene rings is 2. The Balaban J connectivity index is 1.51. The van der Waals surface area contributed by atoms with E-state index in [1.165, 1.54) is 0 Å². The van der Waals surface area contributed by atoms with Gasteiger partial charge in [-0.2, -0.15) is 8.78 Å². The van der Waals surface area contributed by atoms with Crippen LogP contribution in [0.15, 0.2) is 24.3 Å². The lowest BCUT2D eigenvalue weighted by atomic mass is 9.91. The monoisotopic (exact) mass is 426 g/mol. The smallest absolute Gasteiger partial charge is 0.261 e. The highest BCUT2D eigenvalue weighted by atomic mass is 19.2. The van der Waals surface area contributed by atoms with Crippen LogP contribution in [0.2, 0.25) is 0 Å². The first-order valence-electron chi connectivity index (χ1n) is 9.08. The Morgan fingerprint density at radius 3 is 2.33 bits per heavy atom. The highest BCUT2D eigenvalue weighted by Gasteiger charge is 2.38. The molecule has 2 aliphatic heterocycles. The Morgan fingerprint density at radius 2 is 1.63 bits per heavy atom. The molecule has 30 heavy (non-hydrogen) atoms. The third-order valence-corrected chi connectivity index (χ3v) is 5.31. The normalized spacial score (nSPS) is 18.2. The van der Waals surface area contributed by atoms with Crippen LogP contribution in [0.1, 0.15) is 17.2 Å². The lowest BCUT2D eigenvalue weighted by molar-refractivity contribution is -0.150. The molecule has 158 valence electrons. The highest BCUT2D eigenvalue weighted by Crippen LogP contribution is 2.33. The molecular weight excluding hydrogens is 411 g/mol. The predicted octanol–water partition coefficient (Wildman–Crippen LogP) is 2.73. The number of carbonyl (C=O) groups is 2. The standard InChI is InChI=1S/C20H15F5N2O3/c21-15-16(22)18(24)20(19(25)17(15)23)30-9-14(29)26-7-12-11-4-2-1-3-10(11)5-6-27(12)13(28)8-26/h1-4,12H,5-9H2. The zero-order valence-corrected chi connectivity index (χ0v) is 15.4. The Kier molecular flexibility index (Phi) is 5.08. The largest absolute Gasteiger partial charge is 0.477 e. The van der Waals surface area contributed by atoms with Gasteiger partial charge in [-0.1, -0.05) is 24.3 Å². The molecule has 0 radical (unpaired) electrons. The molecule has 0 aromatic heterocycles. The molecular formula is C20H15F5N2O3. The molecule has 10 heteroatoms. The Morgan fingerprint density at radius 1 is 1.00 bits per heavy atom. The predicted molar refractivity (Wildman–Crippen MR) is 92.9 cm³/mol. The van der Waals surface area contributed by atoms with Gasteiger partial charge in [-0.05, 0) is 17.5 Å². The maximum atomic E-state index is 13.7. The summed E-state index contributed by atoms with van der Waals surface area (Å²) in [6, 6.07) is 7.11. The first kappa shape index (κ1) is 20.1. The van der Waals surface area contributed by atoms with Crippen LogP contribution in [0.5, 0.6) is 5.75 Å². The van der Waals surface area contributed by atoms with E-state index in [-0.39, 0.29) is 25.0 Å². The van der Waals surface area contributed by atoms with Crippen LogP contribution in [0.3, 0.4) is 0 Å². The number of halogens is 5. The first-order valence-corrected chi connectivity index (χ1v) is 9.08. The zero-order chi connectivity index (χ0) is 21.6.